The Morgan fingerprint density at radius 2 is 1.81 bits per heavy atom. The van der Waals surface area contributed by atoms with Gasteiger partial charge in [-0.05, 0) is 31.4 Å². The molecule has 8 nitrogen and oxygen atoms in total. The molecule has 2 aromatic rings. The minimum atomic E-state index is -3.25. The highest BCUT2D eigenvalue weighted by molar-refractivity contribution is 7.89. The van der Waals surface area contributed by atoms with Gasteiger partial charge in [-0.2, -0.15) is 0 Å². The Morgan fingerprint density at radius 3 is 2.44 bits per heavy atom. The topological polar surface area (TPSA) is 93.4 Å². The van der Waals surface area contributed by atoms with Crippen LogP contribution in [0.2, 0.25) is 0 Å². The first-order chi connectivity index (χ1) is 12.8. The molecule has 1 N–H and O–H groups in total. The second-order valence-corrected chi connectivity index (χ2v) is 8.88. The number of imidazole rings is 1. The van der Waals surface area contributed by atoms with Crippen LogP contribution in [0.15, 0.2) is 29.1 Å². The number of sulfonamides is 1. The fraction of sp³-hybridized carbons (Fsp3) is 0.556. The fourth-order valence-corrected chi connectivity index (χ4v) is 4.98. The van der Waals surface area contributed by atoms with E-state index in [-0.39, 0.29) is 29.9 Å². The number of nitrogens with zero attached hydrogens (tertiary/aromatic N) is 3. The molecular weight excluding hydrogens is 368 g/mol. The molecular formula is C18H26N4O4S. The van der Waals surface area contributed by atoms with Gasteiger partial charge in [0.15, 0.2) is 0 Å². The molecule has 1 saturated heterocycles. The second kappa shape index (κ2) is 7.85. The van der Waals surface area contributed by atoms with E-state index in [9.17, 15) is 18.0 Å². The average Bonchev–Trinajstić information content (AvgIpc) is 2.87. The summed E-state index contributed by atoms with van der Waals surface area (Å²) in [5.41, 5.74) is 1.31. The maximum absolute atomic E-state index is 12.7. The molecule has 3 rings (SSSR count). The molecule has 148 valence electrons. The SMILES string of the molecule is CCCS(=O)(=O)NC1CCN(C(=O)Cn2c(=O)n(C)c3ccccc32)CC1. The summed E-state index contributed by atoms with van der Waals surface area (Å²) in [5.74, 6) is -0.000754. The molecule has 9 heteroatoms. The maximum Gasteiger partial charge on any atom is 0.329 e. The van der Waals surface area contributed by atoms with Crippen LogP contribution in [0.5, 0.6) is 0 Å². The number of para-hydroxylation sites is 2. The zero-order valence-corrected chi connectivity index (χ0v) is 16.5. The van der Waals surface area contributed by atoms with Crippen LogP contribution in [0.3, 0.4) is 0 Å². The van der Waals surface area contributed by atoms with E-state index in [2.05, 4.69) is 4.72 Å². The van der Waals surface area contributed by atoms with Gasteiger partial charge in [0.2, 0.25) is 15.9 Å². The number of carbonyl (C=O) groups excluding carboxylic acids is 1. The highest BCUT2D eigenvalue weighted by atomic mass is 32.2. The van der Waals surface area contributed by atoms with Crippen molar-refractivity contribution < 1.29 is 13.2 Å². The van der Waals surface area contributed by atoms with Crippen LogP contribution < -0.4 is 10.4 Å². The number of likely N-dealkylation sites (tertiary alicyclic amines) is 1. The molecule has 1 aromatic carbocycles. The van der Waals surface area contributed by atoms with E-state index in [0.29, 0.717) is 32.4 Å². The molecule has 2 heterocycles. The Balaban J connectivity index is 1.64. The predicted molar refractivity (Wildman–Crippen MR) is 104 cm³/mol. The molecule has 1 aliphatic rings. The molecule has 27 heavy (non-hydrogen) atoms. The summed E-state index contributed by atoms with van der Waals surface area (Å²) in [6, 6.07) is 7.25. The van der Waals surface area contributed by atoms with Gasteiger partial charge in [0, 0.05) is 26.2 Å². The number of rotatable bonds is 6. The predicted octanol–water partition coefficient (Wildman–Crippen LogP) is 0.660. The number of carbonyl (C=O) groups is 1. The number of amides is 1. The fourth-order valence-electron chi connectivity index (χ4n) is 3.58. The largest absolute Gasteiger partial charge is 0.341 e. The Morgan fingerprint density at radius 1 is 1.19 bits per heavy atom. The van der Waals surface area contributed by atoms with Crippen LogP contribution >= 0.6 is 0 Å². The van der Waals surface area contributed by atoms with Crippen LogP contribution in [0.1, 0.15) is 26.2 Å². The van der Waals surface area contributed by atoms with Gasteiger partial charge >= 0.3 is 5.69 Å². The lowest BCUT2D eigenvalue weighted by Crippen LogP contribution is -2.48. The van der Waals surface area contributed by atoms with Crippen molar-refractivity contribution in [2.24, 2.45) is 7.05 Å². The molecule has 0 bridgehead atoms. The zero-order chi connectivity index (χ0) is 19.6. The minimum Gasteiger partial charge on any atom is -0.341 e. The average molecular weight is 394 g/mol. The second-order valence-electron chi connectivity index (χ2n) is 7.01. The van der Waals surface area contributed by atoms with Crippen LogP contribution in [0.4, 0.5) is 0 Å². The van der Waals surface area contributed by atoms with Crippen molar-refractivity contribution in [3.8, 4) is 0 Å². The van der Waals surface area contributed by atoms with Crippen molar-refractivity contribution in [3.63, 3.8) is 0 Å². The van der Waals surface area contributed by atoms with Crippen molar-refractivity contribution in [2.75, 3.05) is 18.8 Å². The Hall–Kier alpha value is -2.13. The molecule has 0 atom stereocenters. The molecule has 1 fully saturated rings. The van der Waals surface area contributed by atoms with Gasteiger partial charge < -0.3 is 4.90 Å². The third kappa shape index (κ3) is 4.24. The first-order valence-electron chi connectivity index (χ1n) is 9.24. The number of aryl methyl sites for hydroxylation is 1. The summed E-state index contributed by atoms with van der Waals surface area (Å²) in [6.07, 6.45) is 1.74. The molecule has 0 spiro atoms. The number of hydrogen-bond donors (Lipinski definition) is 1. The smallest absolute Gasteiger partial charge is 0.329 e. The summed E-state index contributed by atoms with van der Waals surface area (Å²) in [4.78, 5) is 26.8. The quantitative estimate of drug-likeness (QED) is 0.779. The first kappa shape index (κ1) is 19.6. The number of benzene rings is 1. The van der Waals surface area contributed by atoms with Crippen molar-refractivity contribution >= 4 is 27.0 Å². The molecule has 0 aliphatic carbocycles. The molecule has 1 aliphatic heterocycles. The van der Waals surface area contributed by atoms with Gasteiger partial charge in [-0.3, -0.25) is 13.9 Å². The summed E-state index contributed by atoms with van der Waals surface area (Å²) in [5, 5.41) is 0. The van der Waals surface area contributed by atoms with Crippen molar-refractivity contribution in [1.82, 2.24) is 18.8 Å². The van der Waals surface area contributed by atoms with Gasteiger partial charge in [-0.1, -0.05) is 19.1 Å². The highest BCUT2D eigenvalue weighted by Gasteiger charge is 2.26. The van der Waals surface area contributed by atoms with Crippen molar-refractivity contribution in [1.29, 1.82) is 0 Å². The van der Waals surface area contributed by atoms with E-state index < -0.39 is 10.0 Å². The maximum atomic E-state index is 12.7. The number of piperidine rings is 1. The Kier molecular flexibility index (Phi) is 5.71. The minimum absolute atomic E-state index is 0.00752. The molecule has 0 unspecified atom stereocenters. The van der Waals surface area contributed by atoms with E-state index in [1.54, 1.807) is 11.9 Å². The highest BCUT2D eigenvalue weighted by Crippen LogP contribution is 2.15. The number of fused-ring (bicyclic) bond motifs is 1. The summed E-state index contributed by atoms with van der Waals surface area (Å²) >= 11 is 0. The van der Waals surface area contributed by atoms with E-state index in [1.165, 1.54) is 9.13 Å². The van der Waals surface area contributed by atoms with Crippen molar-refractivity contribution in [3.05, 3.63) is 34.7 Å². The Labute approximate surface area is 158 Å². The summed E-state index contributed by atoms with van der Waals surface area (Å²) in [7, 11) is -1.55. The third-order valence-electron chi connectivity index (χ3n) is 5.01. The van der Waals surface area contributed by atoms with E-state index in [1.807, 2.05) is 31.2 Å². The third-order valence-corrected chi connectivity index (χ3v) is 6.65. The normalized spacial score (nSPS) is 16.1. The molecule has 0 radical (unpaired) electrons. The molecule has 1 aromatic heterocycles. The lowest BCUT2D eigenvalue weighted by Gasteiger charge is -2.32. The van der Waals surface area contributed by atoms with Gasteiger partial charge in [-0.25, -0.2) is 17.9 Å². The van der Waals surface area contributed by atoms with Crippen LogP contribution in [0.25, 0.3) is 11.0 Å². The summed E-state index contributed by atoms with van der Waals surface area (Å²) < 4.78 is 29.5. The molecule has 1 amide bonds. The first-order valence-corrected chi connectivity index (χ1v) is 10.9. The number of aromatic nitrogens is 2. The lowest BCUT2D eigenvalue weighted by atomic mass is 10.1. The van der Waals surface area contributed by atoms with Crippen LogP contribution in [-0.4, -0.2) is 53.2 Å². The van der Waals surface area contributed by atoms with Crippen molar-refractivity contribution in [2.45, 2.75) is 38.8 Å². The number of nitrogens with one attached hydrogen (secondary N) is 1. The zero-order valence-electron chi connectivity index (χ0n) is 15.7. The van der Waals surface area contributed by atoms with Gasteiger partial charge in [0.05, 0.1) is 16.8 Å². The van der Waals surface area contributed by atoms with Gasteiger partial charge in [0.1, 0.15) is 6.54 Å². The monoisotopic (exact) mass is 394 g/mol. The van der Waals surface area contributed by atoms with Gasteiger partial charge in [0.25, 0.3) is 0 Å². The lowest BCUT2D eigenvalue weighted by molar-refractivity contribution is -0.132. The van der Waals surface area contributed by atoms with E-state index >= 15 is 0 Å². The van der Waals surface area contributed by atoms with E-state index in [4.69, 9.17) is 0 Å². The standard InChI is InChI=1S/C18H26N4O4S/c1-3-12-27(25,26)19-14-8-10-21(11-9-14)17(23)13-22-16-7-5-4-6-15(16)20(2)18(22)24/h4-7,14,19H,3,8-13H2,1-2H3. The number of hydrogen-bond acceptors (Lipinski definition) is 4. The Bertz CT molecular complexity index is 984. The van der Waals surface area contributed by atoms with Gasteiger partial charge in [-0.15, -0.1) is 0 Å². The van der Waals surface area contributed by atoms with Crippen LogP contribution in [-0.2, 0) is 28.4 Å². The van der Waals surface area contributed by atoms with E-state index in [0.717, 1.165) is 11.0 Å². The van der Waals surface area contributed by atoms with Crippen LogP contribution in [0, 0.1) is 0 Å². The molecule has 0 saturated carbocycles. The summed E-state index contributed by atoms with van der Waals surface area (Å²) in [6.45, 7) is 2.79.